The first-order valence-corrected chi connectivity index (χ1v) is 14.8. The molecule has 1 aliphatic heterocycles. The Kier molecular flexibility index (Phi) is 10.7. The maximum absolute atomic E-state index is 13.5. The Balaban J connectivity index is 1.60. The molecule has 1 aromatic carbocycles. The lowest BCUT2D eigenvalue weighted by atomic mass is 9.89. The van der Waals surface area contributed by atoms with E-state index in [4.69, 9.17) is 16.3 Å². The molecule has 4 rings (SSSR count). The van der Waals surface area contributed by atoms with Crippen molar-refractivity contribution in [3.8, 4) is 0 Å². The molecule has 1 fully saturated rings. The van der Waals surface area contributed by atoms with Crippen LogP contribution >= 0.6 is 11.6 Å². The molecule has 1 aromatic heterocycles. The van der Waals surface area contributed by atoms with Crippen LogP contribution in [-0.4, -0.2) is 73.7 Å². The number of aliphatic imine (C=N–C) groups is 1. The minimum absolute atomic E-state index is 0.0454. The second-order valence-electron chi connectivity index (χ2n) is 11.3. The van der Waals surface area contributed by atoms with Crippen molar-refractivity contribution >= 4 is 34.7 Å². The SMILES string of the molecule is CCN(c1cc(Cc2ccc(COC)nc2)cc(C(=O)NCC2=C(Cl)N=C(C)CC2=O)c1)C1CCC(N(C)C)CC1. The van der Waals surface area contributed by atoms with Crippen LogP contribution in [0.1, 0.15) is 73.1 Å². The molecule has 1 amide bonds. The van der Waals surface area contributed by atoms with Gasteiger partial charge in [0.05, 0.1) is 17.9 Å². The quantitative estimate of drug-likeness (QED) is 0.371. The van der Waals surface area contributed by atoms with E-state index >= 15 is 0 Å². The first-order valence-electron chi connectivity index (χ1n) is 14.4. The summed E-state index contributed by atoms with van der Waals surface area (Å²) in [7, 11) is 5.97. The van der Waals surface area contributed by atoms with Gasteiger partial charge in [-0.2, -0.15) is 0 Å². The number of ether oxygens (including phenoxy) is 1. The number of pyridine rings is 1. The molecule has 0 atom stereocenters. The predicted molar refractivity (Wildman–Crippen MR) is 165 cm³/mol. The van der Waals surface area contributed by atoms with Gasteiger partial charge in [-0.05, 0) is 95.4 Å². The molecule has 1 aliphatic carbocycles. The number of benzene rings is 1. The molecule has 1 N–H and O–H groups in total. The van der Waals surface area contributed by atoms with Gasteiger partial charge in [-0.3, -0.25) is 14.6 Å². The minimum Gasteiger partial charge on any atom is -0.378 e. The number of nitrogens with zero attached hydrogens (tertiary/aromatic N) is 4. The van der Waals surface area contributed by atoms with Gasteiger partial charge in [-0.25, -0.2) is 4.99 Å². The number of anilines is 1. The Hall–Kier alpha value is -3.07. The largest absolute Gasteiger partial charge is 0.378 e. The number of nitrogens with one attached hydrogen (secondary N) is 1. The van der Waals surface area contributed by atoms with Crippen LogP contribution < -0.4 is 10.2 Å². The van der Waals surface area contributed by atoms with Gasteiger partial charge in [-0.15, -0.1) is 0 Å². The molecule has 0 radical (unpaired) electrons. The fourth-order valence-corrected chi connectivity index (χ4v) is 6.13. The fourth-order valence-electron chi connectivity index (χ4n) is 5.81. The molecule has 2 aliphatic rings. The smallest absolute Gasteiger partial charge is 0.251 e. The molecular weight excluding hydrogens is 538 g/mol. The van der Waals surface area contributed by atoms with Gasteiger partial charge >= 0.3 is 0 Å². The summed E-state index contributed by atoms with van der Waals surface area (Å²) < 4.78 is 5.19. The van der Waals surface area contributed by atoms with E-state index in [2.05, 4.69) is 58.2 Å². The summed E-state index contributed by atoms with van der Waals surface area (Å²) in [4.78, 5) is 39.5. The number of aromatic nitrogens is 1. The second kappa shape index (κ2) is 14.2. The zero-order valence-electron chi connectivity index (χ0n) is 24.9. The predicted octanol–water partition coefficient (Wildman–Crippen LogP) is 5.13. The molecule has 0 spiro atoms. The van der Waals surface area contributed by atoms with Gasteiger partial charge in [0.15, 0.2) is 5.78 Å². The first kappa shape index (κ1) is 30.9. The molecule has 0 bridgehead atoms. The highest BCUT2D eigenvalue weighted by Gasteiger charge is 2.27. The van der Waals surface area contributed by atoms with Crippen LogP contribution in [0.15, 0.2) is 52.3 Å². The van der Waals surface area contributed by atoms with E-state index in [1.807, 2.05) is 24.4 Å². The first-order chi connectivity index (χ1) is 19.7. The highest BCUT2D eigenvalue weighted by atomic mass is 35.5. The molecule has 2 heterocycles. The van der Waals surface area contributed by atoms with E-state index < -0.39 is 0 Å². The third-order valence-electron chi connectivity index (χ3n) is 8.05. The number of ketones is 1. The van der Waals surface area contributed by atoms with Crippen molar-refractivity contribution in [1.29, 1.82) is 0 Å². The Labute approximate surface area is 248 Å². The zero-order valence-corrected chi connectivity index (χ0v) is 25.6. The highest BCUT2D eigenvalue weighted by molar-refractivity contribution is 6.34. The van der Waals surface area contributed by atoms with E-state index in [1.54, 1.807) is 14.0 Å². The topological polar surface area (TPSA) is 87.1 Å². The van der Waals surface area contributed by atoms with Crippen molar-refractivity contribution in [3.05, 3.63) is 69.6 Å². The Morgan fingerprint density at radius 1 is 1.10 bits per heavy atom. The van der Waals surface area contributed by atoms with Crippen molar-refractivity contribution in [2.75, 3.05) is 39.2 Å². The van der Waals surface area contributed by atoms with Gasteiger partial charge in [0.2, 0.25) is 0 Å². The molecule has 0 saturated heterocycles. The van der Waals surface area contributed by atoms with Gasteiger partial charge in [0, 0.05) is 61.9 Å². The normalized spacial score (nSPS) is 19.4. The Morgan fingerprint density at radius 2 is 1.83 bits per heavy atom. The number of carbonyl (C=O) groups excluding carboxylic acids is 2. The minimum atomic E-state index is -0.245. The number of hydrogen-bond donors (Lipinski definition) is 1. The van der Waals surface area contributed by atoms with Gasteiger partial charge < -0.3 is 19.9 Å². The number of halogens is 1. The number of methoxy groups -OCH3 is 1. The lowest BCUT2D eigenvalue weighted by Crippen LogP contribution is -2.42. The van der Waals surface area contributed by atoms with Crippen LogP contribution in [0.4, 0.5) is 5.69 Å². The Morgan fingerprint density at radius 3 is 2.44 bits per heavy atom. The van der Waals surface area contributed by atoms with Crippen LogP contribution in [0.3, 0.4) is 0 Å². The summed E-state index contributed by atoms with van der Waals surface area (Å²) in [5.74, 6) is -0.350. The molecule has 0 unspecified atom stereocenters. The second-order valence-corrected chi connectivity index (χ2v) is 11.6. The van der Waals surface area contributed by atoms with Crippen LogP contribution in [0.5, 0.6) is 0 Å². The summed E-state index contributed by atoms with van der Waals surface area (Å²) in [6, 6.07) is 11.2. The van der Waals surface area contributed by atoms with Crippen LogP contribution in [0.2, 0.25) is 0 Å². The average Bonchev–Trinajstić information content (AvgIpc) is 2.94. The van der Waals surface area contributed by atoms with Gasteiger partial charge in [0.25, 0.3) is 5.91 Å². The molecular formula is C32H42ClN5O3. The van der Waals surface area contributed by atoms with E-state index in [-0.39, 0.29) is 29.8 Å². The summed E-state index contributed by atoms with van der Waals surface area (Å²) >= 11 is 6.25. The number of rotatable bonds is 11. The number of Topliss-reactive ketones (excluding diaryl/α,β-unsaturated/α-hetero) is 1. The third kappa shape index (κ3) is 8.03. The summed E-state index contributed by atoms with van der Waals surface area (Å²) in [5.41, 5.74) is 5.58. The van der Waals surface area contributed by atoms with Gasteiger partial charge in [-0.1, -0.05) is 17.7 Å². The van der Waals surface area contributed by atoms with Crippen LogP contribution in [0.25, 0.3) is 0 Å². The maximum atomic E-state index is 13.5. The van der Waals surface area contributed by atoms with E-state index in [1.165, 1.54) is 0 Å². The number of carbonyl (C=O) groups is 2. The summed E-state index contributed by atoms with van der Waals surface area (Å²) in [5, 5.41) is 3.07. The molecule has 220 valence electrons. The van der Waals surface area contributed by atoms with Gasteiger partial charge in [0.1, 0.15) is 5.16 Å². The van der Waals surface area contributed by atoms with E-state index in [0.717, 1.165) is 54.7 Å². The zero-order chi connectivity index (χ0) is 29.5. The maximum Gasteiger partial charge on any atom is 0.251 e. The molecule has 8 nitrogen and oxygen atoms in total. The standard InChI is InChI=1S/C32H42ClN5O3/c1-6-38(27-11-9-26(10-12-27)37(3)4)28-16-23(14-22-7-8-25(20-41-5)34-18-22)15-24(17-28)32(40)35-19-29-30(39)13-21(2)36-31(29)33/h7-8,15-18,26-27H,6,9-14,19-20H2,1-5H3,(H,35,40). The van der Waals surface area contributed by atoms with Crippen molar-refractivity contribution in [3.63, 3.8) is 0 Å². The lowest BCUT2D eigenvalue weighted by molar-refractivity contribution is -0.114. The molecule has 9 heteroatoms. The molecule has 2 aromatic rings. The van der Waals surface area contributed by atoms with Crippen LogP contribution in [-0.2, 0) is 22.6 Å². The van der Waals surface area contributed by atoms with E-state index in [9.17, 15) is 9.59 Å². The average molecular weight is 580 g/mol. The van der Waals surface area contributed by atoms with E-state index in [0.29, 0.717) is 42.0 Å². The Bertz CT molecular complexity index is 1300. The molecule has 41 heavy (non-hydrogen) atoms. The lowest BCUT2D eigenvalue weighted by Gasteiger charge is -2.40. The third-order valence-corrected chi connectivity index (χ3v) is 8.37. The fraction of sp³-hybridized carbons (Fsp3) is 0.500. The van der Waals surface area contributed by atoms with Crippen molar-refractivity contribution < 1.29 is 14.3 Å². The van der Waals surface area contributed by atoms with Crippen molar-refractivity contribution in [2.45, 2.75) is 71.1 Å². The monoisotopic (exact) mass is 579 g/mol. The highest BCUT2D eigenvalue weighted by Crippen LogP contribution is 2.31. The van der Waals surface area contributed by atoms with Crippen molar-refractivity contribution in [2.24, 2.45) is 4.99 Å². The van der Waals surface area contributed by atoms with Crippen LogP contribution in [0, 0.1) is 0 Å². The number of amides is 1. The van der Waals surface area contributed by atoms with Crippen molar-refractivity contribution in [1.82, 2.24) is 15.2 Å². The number of hydrogen-bond acceptors (Lipinski definition) is 7. The summed E-state index contributed by atoms with van der Waals surface area (Å²) in [6.45, 7) is 5.31. The summed E-state index contributed by atoms with van der Waals surface area (Å²) in [6.07, 6.45) is 7.28. The molecule has 1 saturated carbocycles.